The highest BCUT2D eigenvalue weighted by molar-refractivity contribution is 6.30. The van der Waals surface area contributed by atoms with Crippen LogP contribution in [0.15, 0.2) is 17.1 Å². The molecule has 128 valence electrons. The third kappa shape index (κ3) is 4.73. The lowest BCUT2D eigenvalue weighted by Crippen LogP contribution is -2.38. The fourth-order valence-corrected chi connectivity index (χ4v) is 2.84. The molecule has 0 radical (unpaired) electrons. The van der Waals surface area contributed by atoms with Gasteiger partial charge in [0.2, 0.25) is 5.91 Å². The van der Waals surface area contributed by atoms with Gasteiger partial charge in [0.15, 0.2) is 0 Å². The van der Waals surface area contributed by atoms with Gasteiger partial charge in [-0.2, -0.15) is 13.2 Å². The summed E-state index contributed by atoms with van der Waals surface area (Å²) in [5, 5.41) is -0.541. The summed E-state index contributed by atoms with van der Waals surface area (Å²) in [6.45, 7) is 0.711. The molecule has 0 N–H and O–H groups in total. The smallest absolute Gasteiger partial charge is 0.341 e. The van der Waals surface area contributed by atoms with Crippen molar-refractivity contribution in [3.8, 4) is 0 Å². The van der Waals surface area contributed by atoms with Gasteiger partial charge in [-0.1, -0.05) is 30.9 Å². The van der Waals surface area contributed by atoms with Crippen molar-refractivity contribution >= 4 is 17.5 Å². The number of carbonyl (C=O) groups is 1. The Kier molecular flexibility index (Phi) is 5.73. The van der Waals surface area contributed by atoms with E-state index in [1.807, 2.05) is 0 Å². The Morgan fingerprint density at radius 3 is 2.26 bits per heavy atom. The Labute approximate surface area is 136 Å². The van der Waals surface area contributed by atoms with Gasteiger partial charge in [0.05, 0.1) is 5.56 Å². The van der Waals surface area contributed by atoms with E-state index in [4.69, 9.17) is 11.6 Å². The average molecular weight is 351 g/mol. The Bertz CT molecular complexity index is 620. The van der Waals surface area contributed by atoms with Crippen LogP contribution in [0.25, 0.3) is 0 Å². The molecular weight excluding hydrogens is 333 g/mol. The summed E-state index contributed by atoms with van der Waals surface area (Å²) in [5.74, 6) is -0.357. The summed E-state index contributed by atoms with van der Waals surface area (Å²) >= 11 is 5.58. The topological polar surface area (TPSA) is 42.3 Å². The Hall–Kier alpha value is -1.50. The van der Waals surface area contributed by atoms with Crippen LogP contribution in [0.5, 0.6) is 0 Å². The van der Waals surface area contributed by atoms with Crippen molar-refractivity contribution in [1.29, 1.82) is 0 Å². The Morgan fingerprint density at radius 2 is 1.70 bits per heavy atom. The van der Waals surface area contributed by atoms with Crippen molar-refractivity contribution in [1.82, 2.24) is 9.47 Å². The zero-order valence-corrected chi connectivity index (χ0v) is 13.3. The molecule has 23 heavy (non-hydrogen) atoms. The molecule has 1 fully saturated rings. The Morgan fingerprint density at radius 1 is 1.13 bits per heavy atom. The molecule has 1 aromatic rings. The molecule has 0 aliphatic carbocycles. The summed E-state index contributed by atoms with van der Waals surface area (Å²) < 4.78 is 39.1. The van der Waals surface area contributed by atoms with Gasteiger partial charge in [0.25, 0.3) is 5.56 Å². The van der Waals surface area contributed by atoms with E-state index in [1.165, 1.54) is 0 Å². The van der Waals surface area contributed by atoms with Gasteiger partial charge in [-0.15, -0.1) is 0 Å². The van der Waals surface area contributed by atoms with Crippen molar-refractivity contribution in [3.63, 3.8) is 0 Å². The highest BCUT2D eigenvalue weighted by Crippen LogP contribution is 2.29. The molecule has 1 amide bonds. The van der Waals surface area contributed by atoms with Gasteiger partial charge in [0.1, 0.15) is 11.6 Å². The Balaban J connectivity index is 2.19. The summed E-state index contributed by atoms with van der Waals surface area (Å²) in [7, 11) is 0. The summed E-state index contributed by atoms with van der Waals surface area (Å²) in [6.07, 6.45) is 0.940. The van der Waals surface area contributed by atoms with Crippen LogP contribution in [0.2, 0.25) is 5.02 Å². The maximum atomic E-state index is 12.8. The van der Waals surface area contributed by atoms with E-state index in [-0.39, 0.29) is 5.91 Å². The number of hydrogen-bond acceptors (Lipinski definition) is 2. The molecule has 1 aliphatic rings. The third-order valence-corrected chi connectivity index (χ3v) is 4.15. The number of aromatic nitrogens is 1. The molecule has 0 atom stereocenters. The van der Waals surface area contributed by atoms with Crippen LogP contribution in [-0.4, -0.2) is 28.5 Å². The summed E-state index contributed by atoms with van der Waals surface area (Å²) in [4.78, 5) is 25.8. The van der Waals surface area contributed by atoms with Gasteiger partial charge in [-0.3, -0.25) is 9.59 Å². The molecule has 8 heteroatoms. The molecule has 0 unspecified atom stereocenters. The molecule has 0 bridgehead atoms. The molecule has 1 aliphatic heterocycles. The predicted molar refractivity (Wildman–Crippen MR) is 80.4 cm³/mol. The van der Waals surface area contributed by atoms with Gasteiger partial charge in [0, 0.05) is 19.3 Å². The standard InChI is InChI=1S/C15H18ClF3N2O2/c16-12-8-11(15(17,18)19)9-21(14(12)23)10-13(22)20-6-4-2-1-3-5-7-20/h8-9H,1-7,10H2. The lowest BCUT2D eigenvalue weighted by molar-refractivity contribution is -0.138. The lowest BCUT2D eigenvalue weighted by Gasteiger charge is -2.25. The van der Waals surface area contributed by atoms with Crippen molar-refractivity contribution in [2.24, 2.45) is 0 Å². The number of pyridine rings is 1. The zero-order chi connectivity index (χ0) is 17.0. The molecule has 1 saturated heterocycles. The number of nitrogens with zero attached hydrogens (tertiary/aromatic N) is 2. The summed E-state index contributed by atoms with van der Waals surface area (Å²) in [6, 6.07) is 0.584. The SMILES string of the molecule is O=C(Cn1cc(C(F)(F)F)cc(Cl)c1=O)N1CCCCCCC1. The predicted octanol–water partition coefficient (Wildman–Crippen LogP) is 3.31. The first-order valence-corrected chi connectivity index (χ1v) is 7.92. The minimum absolute atomic E-state index is 0.357. The van der Waals surface area contributed by atoms with Crippen molar-refractivity contribution in [2.45, 2.75) is 44.8 Å². The fourth-order valence-electron chi connectivity index (χ4n) is 2.61. The fraction of sp³-hybridized carbons (Fsp3) is 0.600. The highest BCUT2D eigenvalue weighted by Gasteiger charge is 2.32. The lowest BCUT2D eigenvalue weighted by atomic mass is 10.1. The maximum Gasteiger partial charge on any atom is 0.417 e. The minimum Gasteiger partial charge on any atom is -0.341 e. The van der Waals surface area contributed by atoms with Gasteiger partial charge >= 0.3 is 6.18 Å². The van der Waals surface area contributed by atoms with Crippen LogP contribution >= 0.6 is 11.6 Å². The number of halogens is 4. The van der Waals surface area contributed by atoms with E-state index in [0.717, 1.165) is 36.7 Å². The first-order valence-electron chi connectivity index (χ1n) is 7.54. The van der Waals surface area contributed by atoms with Crippen molar-refractivity contribution in [3.05, 3.63) is 33.2 Å². The number of alkyl halides is 3. The number of hydrogen-bond donors (Lipinski definition) is 0. The third-order valence-electron chi connectivity index (χ3n) is 3.88. The van der Waals surface area contributed by atoms with E-state index in [2.05, 4.69) is 0 Å². The molecular formula is C15H18ClF3N2O2. The molecule has 4 nitrogen and oxygen atoms in total. The first-order chi connectivity index (χ1) is 10.8. The van der Waals surface area contributed by atoms with Crippen LogP contribution in [0.3, 0.4) is 0 Å². The largest absolute Gasteiger partial charge is 0.417 e. The van der Waals surface area contributed by atoms with E-state index in [0.29, 0.717) is 25.4 Å². The van der Waals surface area contributed by atoms with Gasteiger partial charge in [-0.25, -0.2) is 0 Å². The molecule has 0 saturated carbocycles. The van der Waals surface area contributed by atoms with Crippen LogP contribution < -0.4 is 5.56 Å². The van der Waals surface area contributed by atoms with E-state index in [1.54, 1.807) is 4.90 Å². The van der Waals surface area contributed by atoms with Crippen molar-refractivity contribution in [2.75, 3.05) is 13.1 Å². The monoisotopic (exact) mass is 350 g/mol. The maximum absolute atomic E-state index is 12.8. The number of amides is 1. The van der Waals surface area contributed by atoms with Gasteiger partial charge in [-0.05, 0) is 18.9 Å². The second-order valence-corrected chi connectivity index (χ2v) is 6.06. The second kappa shape index (κ2) is 7.38. The van der Waals surface area contributed by atoms with Crippen molar-refractivity contribution < 1.29 is 18.0 Å². The number of likely N-dealkylation sites (tertiary alicyclic amines) is 1. The number of rotatable bonds is 2. The normalized spacial score (nSPS) is 16.8. The molecule has 1 aromatic heterocycles. The van der Waals surface area contributed by atoms with Crippen LogP contribution in [0.4, 0.5) is 13.2 Å². The first kappa shape index (κ1) is 17.8. The quantitative estimate of drug-likeness (QED) is 0.821. The highest BCUT2D eigenvalue weighted by atomic mass is 35.5. The molecule has 0 spiro atoms. The molecule has 2 heterocycles. The zero-order valence-electron chi connectivity index (χ0n) is 12.5. The summed E-state index contributed by atoms with van der Waals surface area (Å²) in [5.41, 5.74) is -1.83. The van der Waals surface area contributed by atoms with Crippen LogP contribution in [-0.2, 0) is 17.5 Å². The molecule has 0 aromatic carbocycles. The molecule has 2 rings (SSSR count). The number of carbonyl (C=O) groups excluding carboxylic acids is 1. The van der Waals surface area contributed by atoms with E-state index >= 15 is 0 Å². The van der Waals surface area contributed by atoms with E-state index < -0.39 is 28.9 Å². The van der Waals surface area contributed by atoms with Crippen LogP contribution in [0.1, 0.15) is 37.7 Å². The van der Waals surface area contributed by atoms with Crippen LogP contribution in [0, 0.1) is 0 Å². The van der Waals surface area contributed by atoms with E-state index in [9.17, 15) is 22.8 Å². The van der Waals surface area contributed by atoms with Gasteiger partial charge < -0.3 is 9.47 Å². The average Bonchev–Trinajstić information content (AvgIpc) is 2.41. The second-order valence-electron chi connectivity index (χ2n) is 5.66. The minimum atomic E-state index is -4.62.